The SMILES string of the molecule is CCCCCCCC1CCC(O)(C2CCC(CCC)CC2)CC1. The van der Waals surface area contributed by atoms with Gasteiger partial charge in [0.05, 0.1) is 5.60 Å². The molecule has 2 rings (SSSR count). The van der Waals surface area contributed by atoms with Gasteiger partial charge in [-0.1, -0.05) is 78.1 Å². The topological polar surface area (TPSA) is 20.2 Å². The molecule has 0 spiro atoms. The number of hydrogen-bond donors (Lipinski definition) is 1. The molecule has 0 aliphatic heterocycles. The molecule has 0 bridgehead atoms. The van der Waals surface area contributed by atoms with E-state index in [-0.39, 0.29) is 5.60 Å². The van der Waals surface area contributed by atoms with Crippen molar-refractivity contribution in [2.24, 2.45) is 17.8 Å². The summed E-state index contributed by atoms with van der Waals surface area (Å²) in [6, 6.07) is 0. The average Bonchev–Trinajstić information content (AvgIpc) is 2.57. The highest BCUT2D eigenvalue weighted by atomic mass is 16.3. The minimum atomic E-state index is -0.296. The van der Waals surface area contributed by atoms with E-state index in [1.54, 1.807) is 0 Å². The highest BCUT2D eigenvalue weighted by molar-refractivity contribution is 4.93. The average molecular weight is 323 g/mol. The Labute approximate surface area is 145 Å². The minimum Gasteiger partial charge on any atom is -0.390 e. The summed E-state index contributed by atoms with van der Waals surface area (Å²) in [6.07, 6.45) is 21.3. The first-order valence-electron chi connectivity index (χ1n) is 10.9. The molecule has 0 aromatic rings. The molecule has 1 nitrogen and oxygen atoms in total. The molecule has 0 radical (unpaired) electrons. The van der Waals surface area contributed by atoms with E-state index < -0.39 is 0 Å². The Morgan fingerprint density at radius 1 is 0.696 bits per heavy atom. The standard InChI is InChI=1S/C22H42O/c1-3-5-6-7-8-10-20-15-17-22(23,18-16-20)21-13-11-19(9-4-2)12-14-21/h19-21,23H,3-18H2,1-2H3. The Morgan fingerprint density at radius 3 is 1.91 bits per heavy atom. The van der Waals surface area contributed by atoms with E-state index in [2.05, 4.69) is 13.8 Å². The van der Waals surface area contributed by atoms with Gasteiger partial charge >= 0.3 is 0 Å². The van der Waals surface area contributed by atoms with Gasteiger partial charge in [0.2, 0.25) is 0 Å². The van der Waals surface area contributed by atoms with Crippen LogP contribution < -0.4 is 0 Å². The van der Waals surface area contributed by atoms with Crippen molar-refractivity contribution in [2.75, 3.05) is 0 Å². The summed E-state index contributed by atoms with van der Waals surface area (Å²) in [6.45, 7) is 4.60. The second-order valence-electron chi connectivity index (χ2n) is 8.76. The highest BCUT2D eigenvalue weighted by Crippen LogP contribution is 2.45. The van der Waals surface area contributed by atoms with Crippen LogP contribution in [0.5, 0.6) is 0 Å². The van der Waals surface area contributed by atoms with Crippen molar-refractivity contribution in [1.29, 1.82) is 0 Å². The summed E-state index contributed by atoms with van der Waals surface area (Å²) in [5, 5.41) is 11.2. The zero-order valence-electron chi connectivity index (χ0n) is 16.0. The van der Waals surface area contributed by atoms with E-state index in [0.29, 0.717) is 5.92 Å². The van der Waals surface area contributed by atoms with Gasteiger partial charge in [0, 0.05) is 0 Å². The lowest BCUT2D eigenvalue weighted by Crippen LogP contribution is -2.43. The van der Waals surface area contributed by atoms with Crippen LogP contribution in [0.4, 0.5) is 0 Å². The minimum absolute atomic E-state index is 0.296. The molecule has 2 saturated carbocycles. The molecule has 136 valence electrons. The molecule has 0 amide bonds. The summed E-state index contributed by atoms with van der Waals surface area (Å²) >= 11 is 0. The molecule has 1 N–H and O–H groups in total. The van der Waals surface area contributed by atoms with Crippen LogP contribution in [0.25, 0.3) is 0 Å². The molecule has 2 aliphatic rings. The number of rotatable bonds is 9. The lowest BCUT2D eigenvalue weighted by Gasteiger charge is -2.44. The Morgan fingerprint density at radius 2 is 1.30 bits per heavy atom. The van der Waals surface area contributed by atoms with Crippen LogP contribution in [-0.2, 0) is 0 Å². The fourth-order valence-corrected chi connectivity index (χ4v) is 5.31. The first-order valence-corrected chi connectivity index (χ1v) is 10.9. The smallest absolute Gasteiger partial charge is 0.0676 e. The summed E-state index contributed by atoms with van der Waals surface area (Å²) in [5.74, 6) is 2.48. The lowest BCUT2D eigenvalue weighted by molar-refractivity contribution is -0.0752. The van der Waals surface area contributed by atoms with Crippen LogP contribution in [0.15, 0.2) is 0 Å². The van der Waals surface area contributed by atoms with Crippen LogP contribution in [0.3, 0.4) is 0 Å². The third-order valence-electron chi connectivity index (χ3n) is 6.99. The van der Waals surface area contributed by atoms with Gasteiger partial charge in [0.1, 0.15) is 0 Å². The van der Waals surface area contributed by atoms with Gasteiger partial charge in [-0.15, -0.1) is 0 Å². The van der Waals surface area contributed by atoms with E-state index in [1.165, 1.54) is 89.9 Å². The van der Waals surface area contributed by atoms with Crippen molar-refractivity contribution < 1.29 is 5.11 Å². The Balaban J connectivity index is 1.64. The van der Waals surface area contributed by atoms with Crippen LogP contribution >= 0.6 is 0 Å². The van der Waals surface area contributed by atoms with Gasteiger partial charge in [0.15, 0.2) is 0 Å². The molecule has 0 unspecified atom stereocenters. The number of unbranched alkanes of at least 4 members (excludes halogenated alkanes) is 4. The summed E-state index contributed by atoms with van der Waals surface area (Å²) in [7, 11) is 0. The molecule has 1 heteroatoms. The Kier molecular flexibility index (Phi) is 8.44. The molecule has 0 aromatic heterocycles. The zero-order chi connectivity index (χ0) is 16.5. The predicted molar refractivity (Wildman–Crippen MR) is 101 cm³/mol. The van der Waals surface area contributed by atoms with E-state index in [0.717, 1.165) is 24.7 Å². The fraction of sp³-hybridized carbons (Fsp3) is 1.00. The quantitative estimate of drug-likeness (QED) is 0.459. The predicted octanol–water partition coefficient (Wildman–Crippen LogP) is 6.87. The lowest BCUT2D eigenvalue weighted by atomic mass is 9.65. The maximum atomic E-state index is 11.2. The Bertz CT molecular complexity index is 295. The number of aliphatic hydroxyl groups is 1. The molecule has 2 fully saturated rings. The normalized spacial score (nSPS) is 35.3. The van der Waals surface area contributed by atoms with Crippen molar-refractivity contribution in [2.45, 2.75) is 122 Å². The molecule has 0 aromatic carbocycles. The first-order chi connectivity index (χ1) is 11.2. The highest BCUT2D eigenvalue weighted by Gasteiger charge is 2.41. The molecular formula is C22H42O. The van der Waals surface area contributed by atoms with E-state index in [1.807, 2.05) is 0 Å². The van der Waals surface area contributed by atoms with Crippen LogP contribution in [0.1, 0.15) is 117 Å². The molecular weight excluding hydrogens is 280 g/mol. The maximum Gasteiger partial charge on any atom is 0.0676 e. The van der Waals surface area contributed by atoms with Gasteiger partial charge in [-0.25, -0.2) is 0 Å². The second kappa shape index (κ2) is 10.1. The maximum absolute atomic E-state index is 11.2. The number of hydrogen-bond acceptors (Lipinski definition) is 1. The van der Waals surface area contributed by atoms with Crippen molar-refractivity contribution in [3.63, 3.8) is 0 Å². The summed E-state index contributed by atoms with van der Waals surface area (Å²) < 4.78 is 0. The van der Waals surface area contributed by atoms with Crippen LogP contribution in [0, 0.1) is 17.8 Å². The first kappa shape index (κ1) is 19.3. The summed E-state index contributed by atoms with van der Waals surface area (Å²) in [4.78, 5) is 0. The van der Waals surface area contributed by atoms with Gasteiger partial charge in [-0.2, -0.15) is 0 Å². The van der Waals surface area contributed by atoms with E-state index in [9.17, 15) is 5.11 Å². The third-order valence-corrected chi connectivity index (χ3v) is 6.99. The van der Waals surface area contributed by atoms with Crippen molar-refractivity contribution in [3.05, 3.63) is 0 Å². The van der Waals surface area contributed by atoms with Gasteiger partial charge in [0.25, 0.3) is 0 Å². The zero-order valence-corrected chi connectivity index (χ0v) is 16.0. The molecule has 0 saturated heterocycles. The van der Waals surface area contributed by atoms with Crippen LogP contribution in [0.2, 0.25) is 0 Å². The Hall–Kier alpha value is -0.0400. The van der Waals surface area contributed by atoms with Crippen molar-refractivity contribution >= 4 is 0 Å². The van der Waals surface area contributed by atoms with Gasteiger partial charge in [-0.3, -0.25) is 0 Å². The van der Waals surface area contributed by atoms with Gasteiger partial charge < -0.3 is 5.11 Å². The van der Waals surface area contributed by atoms with Crippen molar-refractivity contribution in [1.82, 2.24) is 0 Å². The molecule has 23 heavy (non-hydrogen) atoms. The van der Waals surface area contributed by atoms with E-state index in [4.69, 9.17) is 0 Å². The monoisotopic (exact) mass is 322 g/mol. The largest absolute Gasteiger partial charge is 0.390 e. The second-order valence-corrected chi connectivity index (χ2v) is 8.76. The fourth-order valence-electron chi connectivity index (χ4n) is 5.31. The molecule has 0 heterocycles. The van der Waals surface area contributed by atoms with Crippen LogP contribution in [-0.4, -0.2) is 10.7 Å². The third kappa shape index (κ3) is 6.07. The molecule has 2 aliphatic carbocycles. The van der Waals surface area contributed by atoms with Gasteiger partial charge in [-0.05, 0) is 56.3 Å². The molecule has 0 atom stereocenters. The van der Waals surface area contributed by atoms with E-state index >= 15 is 0 Å². The summed E-state index contributed by atoms with van der Waals surface area (Å²) in [5.41, 5.74) is -0.296. The van der Waals surface area contributed by atoms with Crippen molar-refractivity contribution in [3.8, 4) is 0 Å².